The summed E-state index contributed by atoms with van der Waals surface area (Å²) in [7, 11) is 0.139. The van der Waals surface area contributed by atoms with Crippen molar-refractivity contribution < 1.29 is 60.7 Å². The van der Waals surface area contributed by atoms with Gasteiger partial charge < -0.3 is 5.11 Å². The summed E-state index contributed by atoms with van der Waals surface area (Å²) >= 11 is 0. The molecule has 0 amide bonds. The summed E-state index contributed by atoms with van der Waals surface area (Å²) in [5, 5.41) is 8.25. The van der Waals surface area contributed by atoms with Crippen LogP contribution in [0.4, 0.5) is 0 Å². The van der Waals surface area contributed by atoms with Gasteiger partial charge in [-0.2, -0.15) is 7.11 Å². The number of hydrogen-bond donors (Lipinski definition) is 0. The minimum absolute atomic E-state index is 0. The van der Waals surface area contributed by atoms with Crippen LogP contribution in [-0.4, -0.2) is 23.8 Å². The van der Waals surface area contributed by atoms with Gasteiger partial charge in [0.15, 0.2) is 0 Å². The van der Waals surface area contributed by atoms with E-state index < -0.39 is 10.8 Å². The molecule has 0 saturated carbocycles. The van der Waals surface area contributed by atoms with Crippen molar-refractivity contribution >= 4 is 10.8 Å². The van der Waals surface area contributed by atoms with E-state index in [1.807, 2.05) is 0 Å². The van der Waals surface area contributed by atoms with Crippen LogP contribution in [0.1, 0.15) is 0 Å². The first kappa shape index (κ1) is 15.9. The molecule has 0 spiro atoms. The molecular weight excluding hydrogens is 139 g/mol. The molecule has 0 unspecified atom stereocenters. The van der Waals surface area contributed by atoms with Crippen molar-refractivity contribution in [3.05, 3.63) is 0 Å². The molecule has 0 rings (SSSR count). The number of rotatable bonds is 0. The Morgan fingerprint density at radius 2 is 1.29 bits per heavy atom. The fraction of sp³-hybridized carbons (Fsp3) is 1.00. The second kappa shape index (κ2) is 15.7. The van der Waals surface area contributed by atoms with Gasteiger partial charge in [0, 0.05) is 23.3 Å². The van der Waals surface area contributed by atoms with Gasteiger partial charge in [-0.1, -0.05) is 0 Å². The molecule has 0 aromatic carbocycles. The summed E-state index contributed by atoms with van der Waals surface area (Å²) in [6.45, 7) is 0. The largest absolute Gasteiger partial charge is 1.00 e. The monoisotopic (exact) mass is 148 g/mol. The molecule has 0 aromatic rings. The van der Waals surface area contributed by atoms with Gasteiger partial charge >= 0.3 is 51.4 Å². The Morgan fingerprint density at radius 1 is 1.29 bits per heavy atom. The molecule has 0 aliphatic heterocycles. The molecule has 0 atom stereocenters. The van der Waals surface area contributed by atoms with E-state index in [4.69, 9.17) is 5.11 Å². The van der Waals surface area contributed by atoms with Gasteiger partial charge in [0.05, 0.1) is 0 Å². The van der Waals surface area contributed by atoms with E-state index in [0.717, 1.165) is 7.11 Å². The molecule has 0 fully saturated rings. The maximum Gasteiger partial charge on any atom is 1.00 e. The second-order valence-corrected chi connectivity index (χ2v) is 2.22. The topological polar surface area (TPSA) is 40.1 Å². The molecule has 0 saturated heterocycles. The molecule has 40 valence electrons. The van der Waals surface area contributed by atoms with Crippen molar-refractivity contribution in [2.24, 2.45) is 0 Å². The average molecular weight is 148 g/mol. The van der Waals surface area contributed by atoms with Crippen LogP contribution in [0, 0.1) is 0 Å². The van der Waals surface area contributed by atoms with Crippen LogP contribution in [0.3, 0.4) is 0 Å². The normalized spacial score (nSPS) is 5.86. The van der Waals surface area contributed by atoms with Crippen LogP contribution in [0.15, 0.2) is 0 Å². The standard InChI is InChI=1S/C2H6OS.CH3O.K/c1-4(2)3;1-2;/h1-2H3;1H3;/q;-1;+1. The quantitative estimate of drug-likeness (QED) is 0.328. The van der Waals surface area contributed by atoms with Crippen LogP contribution < -0.4 is 56.5 Å². The summed E-state index contributed by atoms with van der Waals surface area (Å²) < 4.78 is 9.56. The summed E-state index contributed by atoms with van der Waals surface area (Å²) in [6.07, 6.45) is 3.28. The molecule has 0 aromatic heterocycles. The molecule has 0 radical (unpaired) electrons. The number of hydrogen-bond acceptors (Lipinski definition) is 2. The Balaban J connectivity index is -0.0000000480. The van der Waals surface area contributed by atoms with Crippen molar-refractivity contribution in [3.63, 3.8) is 0 Å². The van der Waals surface area contributed by atoms with Crippen molar-refractivity contribution in [2.45, 2.75) is 0 Å². The molecule has 0 aliphatic rings. The van der Waals surface area contributed by atoms with E-state index in [2.05, 4.69) is 0 Å². The predicted octanol–water partition coefficient (Wildman–Crippen LogP) is -4.02. The molecular formula is C3H9KO2S. The molecule has 7 heavy (non-hydrogen) atoms. The van der Waals surface area contributed by atoms with Gasteiger partial charge in [-0.25, -0.2) is 0 Å². The van der Waals surface area contributed by atoms with E-state index in [9.17, 15) is 4.21 Å². The van der Waals surface area contributed by atoms with Gasteiger partial charge in [-0.15, -0.1) is 0 Å². The average Bonchev–Trinajstić information content (AvgIpc) is 1.41. The Labute approximate surface area is 89.6 Å². The van der Waals surface area contributed by atoms with Crippen molar-refractivity contribution in [1.29, 1.82) is 0 Å². The summed E-state index contributed by atoms with van der Waals surface area (Å²) in [6, 6.07) is 0. The maximum absolute atomic E-state index is 9.56. The van der Waals surface area contributed by atoms with E-state index in [1.165, 1.54) is 0 Å². The Hall–Kier alpha value is 1.75. The minimum Gasteiger partial charge on any atom is -0.857 e. The third-order valence-electron chi connectivity index (χ3n) is 0. The first-order valence-corrected chi connectivity index (χ1v) is 3.36. The van der Waals surface area contributed by atoms with Crippen LogP contribution in [0.5, 0.6) is 0 Å². The SMILES string of the molecule is CS(C)=O.C[O-].[K+]. The molecule has 0 bridgehead atoms. The summed E-state index contributed by atoms with van der Waals surface area (Å²) in [4.78, 5) is 0. The molecule has 0 N–H and O–H groups in total. The smallest absolute Gasteiger partial charge is 0.857 e. The Kier molecular flexibility index (Phi) is 35.5. The Morgan fingerprint density at radius 3 is 1.29 bits per heavy atom. The maximum atomic E-state index is 9.56. The van der Waals surface area contributed by atoms with Gasteiger partial charge in [-0.05, 0) is 0 Å². The third kappa shape index (κ3) is 83.9. The third-order valence-corrected chi connectivity index (χ3v) is 0. The van der Waals surface area contributed by atoms with Crippen molar-refractivity contribution in [2.75, 3.05) is 19.6 Å². The van der Waals surface area contributed by atoms with Crippen LogP contribution in [-0.2, 0) is 10.8 Å². The van der Waals surface area contributed by atoms with Crippen LogP contribution in [0.25, 0.3) is 0 Å². The Bertz CT molecular complexity index is 35.9. The van der Waals surface area contributed by atoms with Crippen LogP contribution >= 0.6 is 0 Å². The van der Waals surface area contributed by atoms with Gasteiger partial charge in [-0.3, -0.25) is 4.21 Å². The zero-order chi connectivity index (χ0) is 5.58. The van der Waals surface area contributed by atoms with Gasteiger partial charge in [0.25, 0.3) is 0 Å². The van der Waals surface area contributed by atoms with Crippen LogP contribution in [0.2, 0.25) is 0 Å². The summed E-state index contributed by atoms with van der Waals surface area (Å²) in [5.41, 5.74) is 0. The summed E-state index contributed by atoms with van der Waals surface area (Å²) in [5.74, 6) is 0. The molecule has 0 heterocycles. The van der Waals surface area contributed by atoms with Gasteiger partial charge in [0.2, 0.25) is 0 Å². The van der Waals surface area contributed by atoms with Crippen molar-refractivity contribution in [3.8, 4) is 0 Å². The second-order valence-electron chi connectivity index (χ2n) is 0.742. The van der Waals surface area contributed by atoms with E-state index in [0.29, 0.717) is 0 Å². The minimum atomic E-state index is -0.611. The van der Waals surface area contributed by atoms with Gasteiger partial charge in [0.1, 0.15) is 0 Å². The molecule has 4 heteroatoms. The van der Waals surface area contributed by atoms with E-state index in [1.54, 1.807) is 12.5 Å². The van der Waals surface area contributed by atoms with E-state index in [-0.39, 0.29) is 51.4 Å². The molecule has 2 nitrogen and oxygen atoms in total. The van der Waals surface area contributed by atoms with Crippen molar-refractivity contribution in [1.82, 2.24) is 0 Å². The first-order chi connectivity index (χ1) is 2.73. The zero-order valence-electron chi connectivity index (χ0n) is 5.22. The fourth-order valence-corrected chi connectivity index (χ4v) is 0. The fourth-order valence-electron chi connectivity index (χ4n) is 0. The van der Waals surface area contributed by atoms with E-state index >= 15 is 0 Å². The molecule has 0 aliphatic carbocycles. The first-order valence-electron chi connectivity index (χ1n) is 1.39. The zero-order valence-corrected chi connectivity index (χ0v) is 9.16. The predicted molar refractivity (Wildman–Crippen MR) is 25.9 cm³/mol.